The Bertz CT molecular complexity index is 626. The molecule has 1 aliphatic rings. The minimum absolute atomic E-state index is 0.208. The van der Waals surface area contributed by atoms with E-state index in [9.17, 15) is 4.39 Å². The second-order valence-corrected chi connectivity index (χ2v) is 5.80. The summed E-state index contributed by atoms with van der Waals surface area (Å²) in [7, 11) is 0. The topological polar surface area (TPSA) is 26.0 Å². The molecule has 0 aliphatic heterocycles. The lowest BCUT2D eigenvalue weighted by molar-refractivity contribution is 0.473. The van der Waals surface area contributed by atoms with Gasteiger partial charge in [0.15, 0.2) is 0 Å². The highest BCUT2D eigenvalue weighted by atomic mass is 35.5. The van der Waals surface area contributed by atoms with Gasteiger partial charge in [-0.2, -0.15) is 0 Å². The molecular formula is C17H17ClFN. The molecule has 0 saturated heterocycles. The monoisotopic (exact) mass is 289 g/mol. The van der Waals surface area contributed by atoms with Crippen LogP contribution in [0.15, 0.2) is 42.5 Å². The first-order chi connectivity index (χ1) is 9.66. The van der Waals surface area contributed by atoms with Gasteiger partial charge in [-0.15, -0.1) is 0 Å². The number of aryl methyl sites for hydroxylation is 1. The van der Waals surface area contributed by atoms with Crippen LogP contribution in [-0.4, -0.2) is 0 Å². The van der Waals surface area contributed by atoms with E-state index < -0.39 is 0 Å². The molecule has 2 unspecified atom stereocenters. The van der Waals surface area contributed by atoms with Crippen LogP contribution >= 0.6 is 11.6 Å². The van der Waals surface area contributed by atoms with E-state index in [-0.39, 0.29) is 17.8 Å². The van der Waals surface area contributed by atoms with Crippen LogP contribution in [0.1, 0.15) is 41.5 Å². The van der Waals surface area contributed by atoms with E-state index >= 15 is 0 Å². The van der Waals surface area contributed by atoms with Gasteiger partial charge in [0, 0.05) is 17.0 Å². The molecule has 0 heterocycles. The van der Waals surface area contributed by atoms with Gasteiger partial charge in [0.25, 0.3) is 0 Å². The van der Waals surface area contributed by atoms with Crippen molar-refractivity contribution >= 4 is 11.6 Å². The van der Waals surface area contributed by atoms with Gasteiger partial charge in [-0.3, -0.25) is 0 Å². The lowest BCUT2D eigenvalue weighted by Crippen LogP contribution is -2.24. The highest BCUT2D eigenvalue weighted by molar-refractivity contribution is 6.31. The first-order valence-electron chi connectivity index (χ1n) is 6.95. The van der Waals surface area contributed by atoms with Crippen LogP contribution in [0.5, 0.6) is 0 Å². The third-order valence-corrected chi connectivity index (χ3v) is 4.51. The van der Waals surface area contributed by atoms with E-state index in [2.05, 4.69) is 18.2 Å². The molecule has 0 aromatic heterocycles. The molecule has 104 valence electrons. The Morgan fingerprint density at radius 1 is 1.20 bits per heavy atom. The smallest absolute Gasteiger partial charge is 0.123 e. The fourth-order valence-corrected chi connectivity index (χ4v) is 3.39. The quantitative estimate of drug-likeness (QED) is 0.859. The number of halogens is 2. The molecule has 0 bridgehead atoms. The van der Waals surface area contributed by atoms with E-state index in [0.717, 1.165) is 19.3 Å². The van der Waals surface area contributed by atoms with E-state index in [1.807, 2.05) is 6.07 Å². The minimum atomic E-state index is -0.288. The second-order valence-electron chi connectivity index (χ2n) is 5.39. The van der Waals surface area contributed by atoms with E-state index in [0.29, 0.717) is 10.6 Å². The van der Waals surface area contributed by atoms with Gasteiger partial charge >= 0.3 is 0 Å². The summed E-state index contributed by atoms with van der Waals surface area (Å²) in [4.78, 5) is 0. The van der Waals surface area contributed by atoms with Crippen LogP contribution in [-0.2, 0) is 6.42 Å². The van der Waals surface area contributed by atoms with Crippen LogP contribution in [0.3, 0.4) is 0 Å². The van der Waals surface area contributed by atoms with Crippen LogP contribution < -0.4 is 5.73 Å². The second kappa shape index (κ2) is 5.55. The normalized spacial score (nSPS) is 19.4. The third-order valence-electron chi connectivity index (χ3n) is 4.17. The van der Waals surface area contributed by atoms with Gasteiger partial charge in [0.05, 0.1) is 0 Å². The summed E-state index contributed by atoms with van der Waals surface area (Å²) in [5.74, 6) is -0.0804. The standard InChI is InChI=1S/C17H17ClFN/c18-16-9-8-12(19)10-15(16)17(20)14-7-3-5-11-4-1-2-6-13(11)14/h1-2,4,6,8-10,14,17H,3,5,7,20H2. The SMILES string of the molecule is NC(c1cc(F)ccc1Cl)C1CCCc2ccccc21. The summed E-state index contributed by atoms with van der Waals surface area (Å²) >= 11 is 6.19. The zero-order valence-electron chi connectivity index (χ0n) is 11.2. The fraction of sp³-hybridized carbons (Fsp3) is 0.294. The molecule has 0 spiro atoms. The van der Waals surface area contributed by atoms with Crippen LogP contribution in [0.2, 0.25) is 5.02 Å². The lowest BCUT2D eigenvalue weighted by Gasteiger charge is -2.31. The highest BCUT2D eigenvalue weighted by Crippen LogP contribution is 2.40. The van der Waals surface area contributed by atoms with Crippen LogP contribution in [0.25, 0.3) is 0 Å². The number of fused-ring (bicyclic) bond motifs is 1. The largest absolute Gasteiger partial charge is 0.323 e. The van der Waals surface area contributed by atoms with E-state index in [1.54, 1.807) is 6.07 Å². The molecule has 1 nitrogen and oxygen atoms in total. The summed E-state index contributed by atoms with van der Waals surface area (Å²) in [5.41, 5.74) is 9.74. The molecule has 3 heteroatoms. The van der Waals surface area contributed by atoms with Crippen molar-refractivity contribution < 1.29 is 4.39 Å². The maximum atomic E-state index is 13.5. The molecule has 3 rings (SSSR count). The third kappa shape index (κ3) is 2.46. The molecule has 2 aromatic carbocycles. The summed E-state index contributed by atoms with van der Waals surface area (Å²) in [6, 6.07) is 12.5. The predicted molar refractivity (Wildman–Crippen MR) is 80.5 cm³/mol. The Kier molecular flexibility index (Phi) is 3.77. The number of hydrogen-bond donors (Lipinski definition) is 1. The van der Waals surface area contributed by atoms with Gasteiger partial charge in [-0.25, -0.2) is 4.39 Å². The van der Waals surface area contributed by atoms with Crippen molar-refractivity contribution in [1.29, 1.82) is 0 Å². The van der Waals surface area contributed by atoms with E-state index in [1.165, 1.54) is 23.3 Å². The predicted octanol–water partition coefficient (Wildman–Crippen LogP) is 4.60. The first kappa shape index (κ1) is 13.6. The van der Waals surface area contributed by atoms with E-state index in [4.69, 9.17) is 17.3 Å². The van der Waals surface area contributed by atoms with Crippen molar-refractivity contribution in [2.75, 3.05) is 0 Å². The van der Waals surface area contributed by atoms with Gasteiger partial charge in [0.2, 0.25) is 0 Å². The summed E-state index contributed by atoms with van der Waals surface area (Å²) < 4.78 is 13.5. The number of benzene rings is 2. The first-order valence-corrected chi connectivity index (χ1v) is 7.33. The average molecular weight is 290 g/mol. The molecule has 2 atom stereocenters. The van der Waals surface area contributed by atoms with Gasteiger partial charge < -0.3 is 5.73 Å². The zero-order valence-corrected chi connectivity index (χ0v) is 11.9. The Balaban J connectivity index is 1.99. The minimum Gasteiger partial charge on any atom is -0.323 e. The Labute approximate surface area is 123 Å². The summed E-state index contributed by atoms with van der Waals surface area (Å²) in [6.45, 7) is 0. The van der Waals surface area contributed by atoms with Crippen molar-refractivity contribution in [3.8, 4) is 0 Å². The van der Waals surface area contributed by atoms with Gasteiger partial charge in [-0.05, 0) is 54.2 Å². The summed E-state index contributed by atoms with van der Waals surface area (Å²) in [5, 5.41) is 0.543. The molecule has 20 heavy (non-hydrogen) atoms. The van der Waals surface area contributed by atoms with Crippen molar-refractivity contribution in [2.45, 2.75) is 31.2 Å². The van der Waals surface area contributed by atoms with Crippen molar-refractivity contribution in [1.82, 2.24) is 0 Å². The zero-order chi connectivity index (χ0) is 14.1. The molecule has 2 aromatic rings. The molecule has 0 amide bonds. The molecule has 0 fully saturated rings. The van der Waals surface area contributed by atoms with Crippen molar-refractivity contribution in [2.24, 2.45) is 5.73 Å². The molecular weight excluding hydrogens is 273 g/mol. The van der Waals surface area contributed by atoms with Crippen molar-refractivity contribution in [3.63, 3.8) is 0 Å². The molecule has 2 N–H and O–H groups in total. The number of nitrogens with two attached hydrogens (primary N) is 1. The average Bonchev–Trinajstić information content (AvgIpc) is 2.48. The number of hydrogen-bond acceptors (Lipinski definition) is 1. The Morgan fingerprint density at radius 2 is 2.00 bits per heavy atom. The highest BCUT2D eigenvalue weighted by Gasteiger charge is 2.27. The Morgan fingerprint density at radius 3 is 2.85 bits per heavy atom. The van der Waals surface area contributed by atoms with Crippen LogP contribution in [0.4, 0.5) is 4.39 Å². The summed E-state index contributed by atoms with van der Waals surface area (Å²) in [6.07, 6.45) is 3.23. The Hall–Kier alpha value is -1.38. The molecule has 1 aliphatic carbocycles. The maximum absolute atomic E-state index is 13.5. The molecule has 0 saturated carbocycles. The van der Waals surface area contributed by atoms with Crippen LogP contribution in [0, 0.1) is 5.82 Å². The lowest BCUT2D eigenvalue weighted by atomic mass is 9.77. The van der Waals surface area contributed by atoms with Gasteiger partial charge in [0.1, 0.15) is 5.82 Å². The fourth-order valence-electron chi connectivity index (χ4n) is 3.15. The number of rotatable bonds is 2. The van der Waals surface area contributed by atoms with Crippen molar-refractivity contribution in [3.05, 3.63) is 70.0 Å². The maximum Gasteiger partial charge on any atom is 0.123 e. The molecule has 0 radical (unpaired) electrons. The van der Waals surface area contributed by atoms with Gasteiger partial charge in [-0.1, -0.05) is 35.9 Å².